The van der Waals surface area contributed by atoms with Gasteiger partial charge >= 0.3 is 6.18 Å². The van der Waals surface area contributed by atoms with E-state index < -0.39 is 35.3 Å². The van der Waals surface area contributed by atoms with E-state index in [1.54, 1.807) is 0 Å². The Morgan fingerprint density at radius 2 is 1.56 bits per heavy atom. The predicted molar refractivity (Wildman–Crippen MR) is 51.8 cm³/mol. The summed E-state index contributed by atoms with van der Waals surface area (Å²) in [6.07, 6.45) is -10.3. The number of anilines is 2. The number of nitrogen functional groups attached to an aromatic ring is 2. The van der Waals surface area contributed by atoms with Gasteiger partial charge in [-0.1, -0.05) is 0 Å². The minimum atomic E-state index is -5.92. The monoisotopic (exact) mass is 274 g/mol. The van der Waals surface area contributed by atoms with Crippen LogP contribution in [-0.4, -0.2) is 17.7 Å². The van der Waals surface area contributed by atoms with Gasteiger partial charge in [0.15, 0.2) is 0 Å². The molecular weight excluding hydrogens is 266 g/mol. The van der Waals surface area contributed by atoms with Gasteiger partial charge in [0.25, 0.3) is 12.1 Å². The van der Waals surface area contributed by atoms with Crippen LogP contribution in [0.15, 0.2) is 12.1 Å². The fourth-order valence-electron chi connectivity index (χ4n) is 1.31. The minimum absolute atomic E-state index is 0.320. The summed E-state index contributed by atoms with van der Waals surface area (Å²) in [5.74, 6) is -1.45. The third-order valence-electron chi connectivity index (χ3n) is 2.36. The maximum Gasteiger partial charge on any atom is 0.432 e. The van der Waals surface area contributed by atoms with E-state index in [9.17, 15) is 31.4 Å². The number of rotatable bonds is 2. The molecule has 0 saturated heterocycles. The van der Waals surface area contributed by atoms with E-state index in [0.717, 1.165) is 0 Å². The van der Waals surface area contributed by atoms with Gasteiger partial charge in [-0.3, -0.25) is 0 Å². The van der Waals surface area contributed by atoms with Crippen LogP contribution in [0.2, 0.25) is 0 Å². The Kier molecular flexibility index (Phi) is 3.28. The number of benzene rings is 1. The first-order valence-corrected chi connectivity index (χ1v) is 4.44. The average Bonchev–Trinajstić information content (AvgIpc) is 2.23. The summed E-state index contributed by atoms with van der Waals surface area (Å²) in [7, 11) is 0. The molecule has 1 atom stereocenters. The Morgan fingerprint density at radius 1 is 1.06 bits per heavy atom. The summed E-state index contributed by atoms with van der Waals surface area (Å²) in [5, 5.41) is 9.25. The highest BCUT2D eigenvalue weighted by atomic mass is 19.4. The number of hydrogen-bond acceptors (Lipinski definition) is 3. The van der Waals surface area contributed by atoms with E-state index in [1.807, 2.05) is 0 Å². The molecule has 0 saturated carbocycles. The SMILES string of the molecule is Nc1ccc(C(F)(C(F)F)C(F)(F)F)c(O)c1N. The van der Waals surface area contributed by atoms with Crippen LogP contribution in [0.25, 0.3) is 0 Å². The fourth-order valence-corrected chi connectivity index (χ4v) is 1.31. The van der Waals surface area contributed by atoms with E-state index in [2.05, 4.69) is 0 Å². The Labute approximate surface area is 97.0 Å². The Morgan fingerprint density at radius 3 is 1.94 bits per heavy atom. The number of phenols is 1. The van der Waals surface area contributed by atoms with Crippen LogP contribution in [-0.2, 0) is 5.67 Å². The molecule has 0 fully saturated rings. The van der Waals surface area contributed by atoms with Crippen molar-refractivity contribution < 1.29 is 31.4 Å². The first kappa shape index (κ1) is 14.3. The highest BCUT2D eigenvalue weighted by molar-refractivity contribution is 5.73. The fraction of sp³-hybridized carbons (Fsp3) is 0.333. The van der Waals surface area contributed by atoms with Gasteiger partial charge in [0, 0.05) is 5.56 Å². The van der Waals surface area contributed by atoms with E-state index in [0.29, 0.717) is 12.1 Å². The highest BCUT2D eigenvalue weighted by Crippen LogP contribution is 2.51. The molecule has 3 nitrogen and oxygen atoms in total. The third kappa shape index (κ3) is 1.89. The summed E-state index contributed by atoms with van der Waals surface area (Å²) in [6, 6.07) is 1.02. The zero-order valence-electron chi connectivity index (χ0n) is 8.60. The smallest absolute Gasteiger partial charge is 0.432 e. The average molecular weight is 274 g/mol. The zero-order valence-corrected chi connectivity index (χ0v) is 8.60. The quantitative estimate of drug-likeness (QED) is 0.441. The van der Waals surface area contributed by atoms with E-state index >= 15 is 0 Å². The van der Waals surface area contributed by atoms with Crippen molar-refractivity contribution in [1.29, 1.82) is 0 Å². The lowest BCUT2D eigenvalue weighted by molar-refractivity contribution is -0.274. The van der Waals surface area contributed by atoms with Crippen LogP contribution in [0, 0.1) is 0 Å². The van der Waals surface area contributed by atoms with Crippen molar-refractivity contribution in [1.82, 2.24) is 0 Å². The maximum absolute atomic E-state index is 13.6. The van der Waals surface area contributed by atoms with Gasteiger partial charge in [0.05, 0.1) is 11.4 Å². The normalized spacial score (nSPS) is 15.7. The van der Waals surface area contributed by atoms with Crippen LogP contribution < -0.4 is 11.5 Å². The molecule has 18 heavy (non-hydrogen) atoms. The summed E-state index contributed by atoms with van der Waals surface area (Å²) >= 11 is 0. The molecule has 0 aliphatic rings. The van der Waals surface area contributed by atoms with Crippen LogP contribution >= 0.6 is 0 Å². The van der Waals surface area contributed by atoms with Gasteiger partial charge < -0.3 is 16.6 Å². The lowest BCUT2D eigenvalue weighted by atomic mass is 9.93. The first-order chi connectivity index (χ1) is 8.03. The van der Waals surface area contributed by atoms with E-state index in [4.69, 9.17) is 11.5 Å². The van der Waals surface area contributed by atoms with Crippen molar-refractivity contribution in [2.24, 2.45) is 0 Å². The van der Waals surface area contributed by atoms with E-state index in [-0.39, 0.29) is 5.69 Å². The van der Waals surface area contributed by atoms with Crippen molar-refractivity contribution >= 4 is 11.4 Å². The Hall–Kier alpha value is -1.80. The standard InChI is InChI=1S/C9H8F6N2O/c10-7(11)8(12,9(13,14)15)3-1-2-4(16)5(17)6(3)18/h1-2,7,18H,16-17H2. The molecule has 1 aromatic carbocycles. The molecule has 5 N–H and O–H groups in total. The molecule has 9 heteroatoms. The number of halogens is 6. The highest BCUT2D eigenvalue weighted by Gasteiger charge is 2.65. The van der Waals surface area contributed by atoms with Gasteiger partial charge in [-0.2, -0.15) is 13.2 Å². The second-order valence-electron chi connectivity index (χ2n) is 3.47. The van der Waals surface area contributed by atoms with Crippen LogP contribution in [0.4, 0.5) is 37.7 Å². The minimum Gasteiger partial charge on any atom is -0.505 e. The summed E-state index contributed by atoms with van der Waals surface area (Å²) in [4.78, 5) is 0. The molecule has 0 aromatic heterocycles. The van der Waals surface area contributed by atoms with E-state index in [1.165, 1.54) is 0 Å². The topological polar surface area (TPSA) is 72.3 Å². The third-order valence-corrected chi connectivity index (χ3v) is 2.36. The van der Waals surface area contributed by atoms with Crippen molar-refractivity contribution in [3.8, 4) is 5.75 Å². The van der Waals surface area contributed by atoms with Gasteiger partial charge in [0.2, 0.25) is 0 Å². The Bertz CT molecular complexity index is 461. The Balaban J connectivity index is 3.56. The maximum atomic E-state index is 13.6. The molecular formula is C9H8F6N2O. The second kappa shape index (κ2) is 4.14. The molecule has 102 valence electrons. The first-order valence-electron chi connectivity index (χ1n) is 4.44. The number of aromatic hydroxyl groups is 1. The van der Waals surface area contributed by atoms with Gasteiger partial charge in [-0.15, -0.1) is 0 Å². The molecule has 0 heterocycles. The number of phenolic OH excluding ortho intramolecular Hbond substituents is 1. The number of nitrogens with two attached hydrogens (primary N) is 2. The number of alkyl halides is 6. The van der Waals surface area contributed by atoms with Crippen LogP contribution in [0.5, 0.6) is 5.75 Å². The molecule has 0 spiro atoms. The number of hydrogen-bond donors (Lipinski definition) is 3. The van der Waals surface area contributed by atoms with Gasteiger partial charge in [-0.25, -0.2) is 13.2 Å². The van der Waals surface area contributed by atoms with Crippen molar-refractivity contribution in [3.05, 3.63) is 17.7 Å². The zero-order chi connectivity index (χ0) is 14.3. The molecule has 0 amide bonds. The van der Waals surface area contributed by atoms with Gasteiger partial charge in [0.1, 0.15) is 5.75 Å². The largest absolute Gasteiger partial charge is 0.505 e. The molecule has 0 aliphatic heterocycles. The van der Waals surface area contributed by atoms with Gasteiger partial charge in [-0.05, 0) is 12.1 Å². The molecule has 0 bridgehead atoms. The summed E-state index contributed by atoms with van der Waals surface area (Å²) in [6.45, 7) is 0. The second-order valence-corrected chi connectivity index (χ2v) is 3.47. The van der Waals surface area contributed by atoms with Crippen LogP contribution in [0.3, 0.4) is 0 Å². The van der Waals surface area contributed by atoms with Crippen molar-refractivity contribution in [2.45, 2.75) is 18.3 Å². The summed E-state index contributed by atoms with van der Waals surface area (Å²) in [5.41, 5.74) is 2.38. The van der Waals surface area contributed by atoms with Crippen molar-refractivity contribution in [3.63, 3.8) is 0 Å². The van der Waals surface area contributed by atoms with Crippen LogP contribution in [0.1, 0.15) is 5.56 Å². The molecule has 1 unspecified atom stereocenters. The molecule has 1 rings (SSSR count). The molecule has 1 aromatic rings. The lowest BCUT2D eigenvalue weighted by Gasteiger charge is -2.28. The predicted octanol–water partition coefficient (Wildman–Crippen LogP) is 2.55. The lowest BCUT2D eigenvalue weighted by Crippen LogP contribution is -2.44. The van der Waals surface area contributed by atoms with Crippen molar-refractivity contribution in [2.75, 3.05) is 11.5 Å². The molecule has 0 aliphatic carbocycles. The summed E-state index contributed by atoms with van der Waals surface area (Å²) < 4.78 is 75.6. The molecule has 0 radical (unpaired) electrons.